The maximum atomic E-state index is 5.99. The number of ether oxygens (including phenoxy) is 3. The third kappa shape index (κ3) is 3.65. The van der Waals surface area contributed by atoms with Gasteiger partial charge in [0.25, 0.3) is 0 Å². The highest BCUT2D eigenvalue weighted by Gasteiger charge is 2.16. The molecular weight excluding hydrogens is 316 g/mol. The molecule has 0 aliphatic rings. The van der Waals surface area contributed by atoms with Gasteiger partial charge in [-0.2, -0.15) is 0 Å². The molecule has 0 saturated heterocycles. The molecule has 3 rings (SSSR count). The van der Waals surface area contributed by atoms with E-state index < -0.39 is 0 Å². The van der Waals surface area contributed by atoms with E-state index in [1.54, 1.807) is 14.2 Å². The summed E-state index contributed by atoms with van der Waals surface area (Å²) in [6, 6.07) is 11.9. The fourth-order valence-corrected chi connectivity index (χ4v) is 2.60. The van der Waals surface area contributed by atoms with Crippen molar-refractivity contribution in [1.29, 1.82) is 0 Å². The molecule has 0 fully saturated rings. The molecule has 0 unspecified atom stereocenters. The second kappa shape index (κ2) is 6.59. The number of rotatable bonds is 4. The van der Waals surface area contributed by atoms with Gasteiger partial charge in [-0.05, 0) is 56.2 Å². The van der Waals surface area contributed by atoms with Crippen molar-refractivity contribution in [3.8, 4) is 28.5 Å². The zero-order valence-corrected chi connectivity index (χ0v) is 15.2. The largest absolute Gasteiger partial charge is 0.493 e. The van der Waals surface area contributed by atoms with E-state index in [2.05, 4.69) is 9.97 Å². The molecule has 0 N–H and O–H groups in total. The van der Waals surface area contributed by atoms with Gasteiger partial charge in [-0.25, -0.2) is 9.97 Å². The lowest BCUT2D eigenvalue weighted by atomic mass is 10.0. The van der Waals surface area contributed by atoms with Crippen LogP contribution in [-0.4, -0.2) is 29.8 Å². The first-order valence-corrected chi connectivity index (χ1v) is 8.07. The third-order valence-electron chi connectivity index (χ3n) is 3.72. The molecule has 0 bridgehead atoms. The van der Waals surface area contributed by atoms with E-state index in [-0.39, 0.29) is 5.60 Å². The minimum atomic E-state index is -0.333. The number of fused-ring (bicyclic) bond motifs is 1. The average Bonchev–Trinajstić information content (AvgIpc) is 2.60. The third-order valence-corrected chi connectivity index (χ3v) is 3.72. The zero-order chi connectivity index (χ0) is 18.0. The van der Waals surface area contributed by atoms with Crippen molar-refractivity contribution in [2.24, 2.45) is 0 Å². The predicted octanol–water partition coefficient (Wildman–Crippen LogP) is 4.49. The first kappa shape index (κ1) is 17.0. The van der Waals surface area contributed by atoms with E-state index in [0.29, 0.717) is 17.4 Å². The molecule has 0 saturated carbocycles. The summed E-state index contributed by atoms with van der Waals surface area (Å²) in [4.78, 5) is 8.64. The van der Waals surface area contributed by atoms with Crippen molar-refractivity contribution in [2.75, 3.05) is 14.2 Å². The van der Waals surface area contributed by atoms with Crippen LogP contribution in [0.5, 0.6) is 17.4 Å². The zero-order valence-electron chi connectivity index (χ0n) is 15.2. The van der Waals surface area contributed by atoms with Crippen molar-refractivity contribution in [3.05, 3.63) is 42.7 Å². The normalized spacial score (nSPS) is 11.4. The molecule has 2 aromatic carbocycles. The van der Waals surface area contributed by atoms with Gasteiger partial charge in [0, 0.05) is 0 Å². The van der Waals surface area contributed by atoms with Gasteiger partial charge in [-0.15, -0.1) is 0 Å². The Balaban J connectivity index is 2.10. The van der Waals surface area contributed by atoms with Gasteiger partial charge in [-0.1, -0.05) is 12.1 Å². The second-order valence-corrected chi connectivity index (χ2v) is 6.69. The minimum Gasteiger partial charge on any atom is -0.493 e. The summed E-state index contributed by atoms with van der Waals surface area (Å²) in [5.74, 6) is 1.97. The van der Waals surface area contributed by atoms with Crippen molar-refractivity contribution >= 4 is 10.9 Å². The number of benzene rings is 2. The molecular formula is C20H22N2O3. The molecule has 0 radical (unpaired) electrons. The summed E-state index contributed by atoms with van der Waals surface area (Å²) in [5, 5.41) is 0.879. The molecule has 5 nitrogen and oxygen atoms in total. The summed E-state index contributed by atoms with van der Waals surface area (Å²) in [5.41, 5.74) is 2.56. The van der Waals surface area contributed by atoms with E-state index in [1.165, 1.54) is 6.33 Å². The summed E-state index contributed by atoms with van der Waals surface area (Å²) in [6.07, 6.45) is 1.53. The fraction of sp³-hybridized carbons (Fsp3) is 0.300. The van der Waals surface area contributed by atoms with E-state index in [1.807, 2.05) is 57.2 Å². The molecule has 25 heavy (non-hydrogen) atoms. The Kier molecular flexibility index (Phi) is 4.49. The topological polar surface area (TPSA) is 53.5 Å². The van der Waals surface area contributed by atoms with Crippen LogP contribution in [0.2, 0.25) is 0 Å². The number of hydrogen-bond donors (Lipinski definition) is 0. The molecule has 0 aliphatic carbocycles. The van der Waals surface area contributed by atoms with Crippen molar-refractivity contribution in [3.63, 3.8) is 0 Å². The Bertz CT molecular complexity index is 901. The van der Waals surface area contributed by atoms with Gasteiger partial charge in [0.15, 0.2) is 11.5 Å². The SMILES string of the molecule is COc1ccc(-c2ccc3ncnc(OC(C)(C)C)c3c2)cc1OC. The average molecular weight is 338 g/mol. The van der Waals surface area contributed by atoms with Gasteiger partial charge in [-0.3, -0.25) is 0 Å². The Morgan fingerprint density at radius 3 is 2.16 bits per heavy atom. The highest BCUT2D eigenvalue weighted by Crippen LogP contribution is 2.34. The quantitative estimate of drug-likeness (QED) is 0.701. The van der Waals surface area contributed by atoms with Gasteiger partial charge in [0.2, 0.25) is 5.88 Å². The predicted molar refractivity (Wildman–Crippen MR) is 98.5 cm³/mol. The lowest BCUT2D eigenvalue weighted by molar-refractivity contribution is 0.126. The van der Waals surface area contributed by atoms with Gasteiger partial charge < -0.3 is 14.2 Å². The Morgan fingerprint density at radius 2 is 1.48 bits per heavy atom. The van der Waals surface area contributed by atoms with Gasteiger partial charge in [0.05, 0.1) is 25.1 Å². The van der Waals surface area contributed by atoms with E-state index in [4.69, 9.17) is 14.2 Å². The number of nitrogens with zero attached hydrogens (tertiary/aromatic N) is 2. The van der Waals surface area contributed by atoms with Crippen LogP contribution in [0.15, 0.2) is 42.7 Å². The first-order chi connectivity index (χ1) is 11.9. The summed E-state index contributed by atoms with van der Waals surface area (Å²) in [7, 11) is 3.26. The van der Waals surface area contributed by atoms with E-state index >= 15 is 0 Å². The maximum absolute atomic E-state index is 5.99. The summed E-state index contributed by atoms with van der Waals surface area (Å²) >= 11 is 0. The molecule has 130 valence electrons. The van der Waals surface area contributed by atoms with Crippen LogP contribution in [-0.2, 0) is 0 Å². The standard InChI is InChI=1S/C20H22N2O3/c1-20(2,3)25-19-15-10-13(6-8-16(15)21-12-22-19)14-7-9-17(23-4)18(11-14)24-5/h6-12H,1-5H3. The first-order valence-electron chi connectivity index (χ1n) is 8.07. The lowest BCUT2D eigenvalue weighted by Gasteiger charge is -2.21. The monoisotopic (exact) mass is 338 g/mol. The lowest BCUT2D eigenvalue weighted by Crippen LogP contribution is -2.23. The second-order valence-electron chi connectivity index (χ2n) is 6.69. The molecule has 0 amide bonds. The Labute approximate surface area is 147 Å². The number of methoxy groups -OCH3 is 2. The summed E-state index contributed by atoms with van der Waals surface area (Å²) in [6.45, 7) is 6.00. The van der Waals surface area contributed by atoms with Crippen LogP contribution >= 0.6 is 0 Å². The van der Waals surface area contributed by atoms with Crippen molar-refractivity contribution < 1.29 is 14.2 Å². The smallest absolute Gasteiger partial charge is 0.224 e. The number of hydrogen-bond acceptors (Lipinski definition) is 5. The van der Waals surface area contributed by atoms with Crippen LogP contribution in [0.3, 0.4) is 0 Å². The molecule has 5 heteroatoms. The van der Waals surface area contributed by atoms with Crippen LogP contribution in [0.1, 0.15) is 20.8 Å². The summed E-state index contributed by atoms with van der Waals surface area (Å²) < 4.78 is 16.7. The van der Waals surface area contributed by atoms with Crippen molar-refractivity contribution in [2.45, 2.75) is 26.4 Å². The van der Waals surface area contributed by atoms with Crippen molar-refractivity contribution in [1.82, 2.24) is 9.97 Å². The minimum absolute atomic E-state index is 0.333. The van der Waals surface area contributed by atoms with E-state index in [9.17, 15) is 0 Å². The fourth-order valence-electron chi connectivity index (χ4n) is 2.60. The van der Waals surface area contributed by atoms with Gasteiger partial charge >= 0.3 is 0 Å². The molecule has 0 aliphatic heterocycles. The maximum Gasteiger partial charge on any atom is 0.224 e. The van der Waals surface area contributed by atoms with Gasteiger partial charge in [0.1, 0.15) is 11.9 Å². The molecule has 3 aromatic rings. The van der Waals surface area contributed by atoms with Crippen LogP contribution in [0.4, 0.5) is 0 Å². The highest BCUT2D eigenvalue weighted by molar-refractivity contribution is 5.88. The Morgan fingerprint density at radius 1 is 0.800 bits per heavy atom. The molecule has 1 aromatic heterocycles. The van der Waals surface area contributed by atoms with E-state index in [0.717, 1.165) is 22.0 Å². The molecule has 1 heterocycles. The van der Waals surface area contributed by atoms with Crippen LogP contribution < -0.4 is 14.2 Å². The van der Waals surface area contributed by atoms with Crippen LogP contribution in [0.25, 0.3) is 22.0 Å². The Hall–Kier alpha value is -2.82. The molecule has 0 atom stereocenters. The van der Waals surface area contributed by atoms with Crippen LogP contribution in [0, 0.1) is 0 Å². The molecule has 0 spiro atoms. The highest BCUT2D eigenvalue weighted by atomic mass is 16.5. The number of aromatic nitrogens is 2.